The lowest BCUT2D eigenvalue weighted by Crippen LogP contribution is -2.23. The van der Waals surface area contributed by atoms with Gasteiger partial charge in [-0.1, -0.05) is 6.07 Å². The summed E-state index contributed by atoms with van der Waals surface area (Å²) >= 11 is 0. The van der Waals surface area contributed by atoms with E-state index in [1.54, 1.807) is 0 Å². The number of hydrogen-bond acceptors (Lipinski definition) is 6. The van der Waals surface area contributed by atoms with Gasteiger partial charge in [-0.15, -0.1) is 0 Å². The van der Waals surface area contributed by atoms with Gasteiger partial charge in [-0.3, -0.25) is 0 Å². The Kier molecular flexibility index (Phi) is 6.36. The zero-order valence-corrected chi connectivity index (χ0v) is 15.6. The molecule has 0 bridgehead atoms. The second kappa shape index (κ2) is 8.17. The number of nitrogens with two attached hydrogens (primary N) is 1. The molecule has 0 amide bonds. The fourth-order valence-corrected chi connectivity index (χ4v) is 3.62. The zero-order chi connectivity index (χ0) is 20.2. The summed E-state index contributed by atoms with van der Waals surface area (Å²) in [6, 6.07) is 8.32. The molecule has 12 heteroatoms. The molecular weight excluding hydrogens is 406 g/mol. The van der Waals surface area contributed by atoms with Gasteiger partial charge in [0.25, 0.3) is 0 Å². The number of sulfonamides is 2. The maximum atomic E-state index is 12.3. The van der Waals surface area contributed by atoms with Crippen LogP contribution in [0.1, 0.15) is 5.56 Å². The molecule has 0 fully saturated rings. The number of rotatable bonds is 8. The van der Waals surface area contributed by atoms with Crippen LogP contribution in [0.5, 0.6) is 11.5 Å². The molecule has 2 aromatic rings. The molecule has 0 atom stereocenters. The maximum absolute atomic E-state index is 12.3. The van der Waals surface area contributed by atoms with Crippen LogP contribution in [-0.2, 0) is 26.6 Å². The van der Waals surface area contributed by atoms with E-state index < -0.39 is 26.7 Å². The zero-order valence-electron chi connectivity index (χ0n) is 13.9. The van der Waals surface area contributed by atoms with Crippen molar-refractivity contribution in [2.45, 2.75) is 22.9 Å². The van der Waals surface area contributed by atoms with Crippen LogP contribution in [0.3, 0.4) is 0 Å². The van der Waals surface area contributed by atoms with Crippen molar-refractivity contribution < 1.29 is 35.1 Å². The number of nitrogens with one attached hydrogen (secondary N) is 1. The molecule has 0 spiro atoms. The van der Waals surface area contributed by atoms with Gasteiger partial charge < -0.3 is 9.47 Å². The molecule has 0 radical (unpaired) electrons. The highest BCUT2D eigenvalue weighted by Gasteiger charge is 2.17. The lowest BCUT2D eigenvalue weighted by atomic mass is 10.2. The summed E-state index contributed by atoms with van der Waals surface area (Å²) in [6.07, 6.45) is 0. The first-order chi connectivity index (χ1) is 12.5. The summed E-state index contributed by atoms with van der Waals surface area (Å²) in [4.78, 5) is -0.389. The lowest BCUT2D eigenvalue weighted by molar-refractivity contribution is -0.0512. The fraction of sp³-hybridized carbons (Fsp3) is 0.200. The summed E-state index contributed by atoms with van der Waals surface area (Å²) in [5, 5.41) is 4.96. The van der Waals surface area contributed by atoms with Crippen molar-refractivity contribution in [3.8, 4) is 11.5 Å². The third-order valence-electron chi connectivity index (χ3n) is 3.37. The normalized spacial score (nSPS) is 12.2. The van der Waals surface area contributed by atoms with Gasteiger partial charge in [0.05, 0.1) is 16.9 Å². The average Bonchev–Trinajstić information content (AvgIpc) is 2.60. The van der Waals surface area contributed by atoms with Crippen LogP contribution in [0.4, 0.5) is 8.78 Å². The standard InChI is InChI=1S/C15H16F2N2O6S2/c1-24-14-8-10(2-7-13(14)25-15(16)17)9-19-27(22,23)12-5-3-11(4-6-12)26(18,20)21/h2-8,15,19H,9H2,1H3,(H2,18,20,21). The molecule has 0 saturated carbocycles. The van der Waals surface area contributed by atoms with E-state index in [4.69, 9.17) is 9.88 Å². The second-order valence-electron chi connectivity index (χ2n) is 5.20. The fourth-order valence-electron chi connectivity index (χ4n) is 2.09. The molecule has 27 heavy (non-hydrogen) atoms. The number of benzene rings is 2. The molecule has 0 heterocycles. The predicted molar refractivity (Wildman–Crippen MR) is 91.5 cm³/mol. The van der Waals surface area contributed by atoms with Crippen LogP contribution in [0.2, 0.25) is 0 Å². The van der Waals surface area contributed by atoms with Gasteiger partial charge >= 0.3 is 6.61 Å². The number of hydrogen-bond donors (Lipinski definition) is 2. The molecule has 3 N–H and O–H groups in total. The van der Waals surface area contributed by atoms with E-state index >= 15 is 0 Å². The van der Waals surface area contributed by atoms with E-state index in [9.17, 15) is 25.6 Å². The van der Waals surface area contributed by atoms with Crippen molar-refractivity contribution in [2.24, 2.45) is 5.14 Å². The number of halogens is 2. The third-order valence-corrected chi connectivity index (χ3v) is 5.72. The predicted octanol–water partition coefficient (Wildman–Crippen LogP) is 1.42. The van der Waals surface area contributed by atoms with Crippen molar-refractivity contribution >= 4 is 20.0 Å². The van der Waals surface area contributed by atoms with Gasteiger partial charge in [0, 0.05) is 6.54 Å². The average molecular weight is 422 g/mol. The first kappa shape index (κ1) is 21.0. The summed E-state index contributed by atoms with van der Waals surface area (Å²) in [6.45, 7) is -3.19. The van der Waals surface area contributed by atoms with Gasteiger partial charge in [0.2, 0.25) is 20.0 Å². The molecule has 0 aliphatic carbocycles. The monoisotopic (exact) mass is 422 g/mol. The van der Waals surface area contributed by atoms with E-state index in [-0.39, 0.29) is 27.8 Å². The summed E-state index contributed by atoms with van der Waals surface area (Å²) in [7, 11) is -6.62. The van der Waals surface area contributed by atoms with Gasteiger partial charge in [-0.2, -0.15) is 8.78 Å². The Balaban J connectivity index is 2.15. The minimum atomic E-state index is -3.95. The van der Waals surface area contributed by atoms with Crippen LogP contribution in [0.15, 0.2) is 52.3 Å². The number of alkyl halides is 2. The minimum absolute atomic E-state index is 0.0181. The number of primary sulfonamides is 1. The molecule has 0 aliphatic rings. The SMILES string of the molecule is COc1cc(CNS(=O)(=O)c2ccc(S(N)(=O)=O)cc2)ccc1OC(F)F. The van der Waals surface area contributed by atoms with Gasteiger partial charge in [0.1, 0.15) is 0 Å². The first-order valence-corrected chi connectivity index (χ1v) is 10.3. The lowest BCUT2D eigenvalue weighted by Gasteiger charge is -2.12. The third kappa shape index (κ3) is 5.60. The topological polar surface area (TPSA) is 125 Å². The van der Waals surface area contributed by atoms with Gasteiger partial charge in [-0.05, 0) is 42.0 Å². The van der Waals surface area contributed by atoms with E-state index in [1.165, 1.54) is 25.3 Å². The molecule has 0 aliphatic heterocycles. The molecule has 2 aromatic carbocycles. The highest BCUT2D eigenvalue weighted by Crippen LogP contribution is 2.29. The van der Waals surface area contributed by atoms with E-state index in [0.29, 0.717) is 5.56 Å². The quantitative estimate of drug-likeness (QED) is 0.663. The van der Waals surface area contributed by atoms with E-state index in [0.717, 1.165) is 24.3 Å². The van der Waals surface area contributed by atoms with Crippen molar-refractivity contribution in [2.75, 3.05) is 7.11 Å². The van der Waals surface area contributed by atoms with Crippen LogP contribution in [0, 0.1) is 0 Å². The smallest absolute Gasteiger partial charge is 0.387 e. The molecule has 148 valence electrons. The second-order valence-corrected chi connectivity index (χ2v) is 8.53. The Morgan fingerprint density at radius 1 is 1.00 bits per heavy atom. The minimum Gasteiger partial charge on any atom is -0.493 e. The molecule has 0 unspecified atom stereocenters. The number of methoxy groups -OCH3 is 1. The van der Waals surface area contributed by atoms with Crippen molar-refractivity contribution in [1.82, 2.24) is 4.72 Å². The summed E-state index contributed by atoms with van der Waals surface area (Å²) in [5.74, 6) is -0.165. The Morgan fingerprint density at radius 3 is 2.11 bits per heavy atom. The Hall–Kier alpha value is -2.28. The first-order valence-electron chi connectivity index (χ1n) is 7.27. The summed E-state index contributed by atoms with van der Waals surface area (Å²) in [5.41, 5.74) is 0.429. The Labute approximate surface area is 155 Å². The molecular formula is C15H16F2N2O6S2. The maximum Gasteiger partial charge on any atom is 0.387 e. The Bertz CT molecular complexity index is 1010. The van der Waals surface area contributed by atoms with Crippen LogP contribution in [0.25, 0.3) is 0 Å². The molecule has 0 aromatic heterocycles. The van der Waals surface area contributed by atoms with Crippen LogP contribution < -0.4 is 19.3 Å². The van der Waals surface area contributed by atoms with Crippen molar-refractivity contribution in [3.05, 3.63) is 48.0 Å². The van der Waals surface area contributed by atoms with Crippen LogP contribution in [-0.4, -0.2) is 30.6 Å². The number of ether oxygens (including phenoxy) is 2. The van der Waals surface area contributed by atoms with Crippen molar-refractivity contribution in [1.29, 1.82) is 0 Å². The van der Waals surface area contributed by atoms with Gasteiger partial charge in [-0.25, -0.2) is 26.7 Å². The summed E-state index contributed by atoms with van der Waals surface area (Å²) < 4.78 is 83.2. The van der Waals surface area contributed by atoms with Gasteiger partial charge in [0.15, 0.2) is 11.5 Å². The molecule has 2 rings (SSSR count). The van der Waals surface area contributed by atoms with E-state index in [2.05, 4.69) is 9.46 Å². The van der Waals surface area contributed by atoms with Crippen LogP contribution >= 0.6 is 0 Å². The molecule has 8 nitrogen and oxygen atoms in total. The highest BCUT2D eigenvalue weighted by molar-refractivity contribution is 7.89. The molecule has 0 saturated heterocycles. The highest BCUT2D eigenvalue weighted by atomic mass is 32.2. The Morgan fingerprint density at radius 2 is 1.59 bits per heavy atom. The largest absolute Gasteiger partial charge is 0.493 e. The van der Waals surface area contributed by atoms with Crippen molar-refractivity contribution in [3.63, 3.8) is 0 Å². The van der Waals surface area contributed by atoms with E-state index in [1.807, 2.05) is 0 Å².